The van der Waals surface area contributed by atoms with Gasteiger partial charge in [0.1, 0.15) is 11.5 Å². The molecule has 0 saturated carbocycles. The molecule has 1 atom stereocenters. The Balaban J connectivity index is 1.31. The third-order valence-electron chi connectivity index (χ3n) is 5.52. The summed E-state index contributed by atoms with van der Waals surface area (Å²) in [7, 11) is 3.02. The van der Waals surface area contributed by atoms with E-state index in [1.165, 1.54) is 20.4 Å². The lowest BCUT2D eigenvalue weighted by molar-refractivity contribution is -0.127. The van der Waals surface area contributed by atoms with Crippen LogP contribution < -0.4 is 24.4 Å². The van der Waals surface area contributed by atoms with Gasteiger partial charge in [-0.1, -0.05) is 36.4 Å². The number of nitrogens with zero attached hydrogens (tertiary/aromatic N) is 1. The molecule has 8 heteroatoms. The molecule has 1 N–H and O–H groups in total. The molecule has 4 aromatic carbocycles. The van der Waals surface area contributed by atoms with Gasteiger partial charge in [0.25, 0.3) is 5.91 Å². The van der Waals surface area contributed by atoms with Crippen molar-refractivity contribution in [3.63, 3.8) is 0 Å². The average molecular weight is 499 g/mol. The summed E-state index contributed by atoms with van der Waals surface area (Å²) in [4.78, 5) is 24.9. The molecule has 1 amide bonds. The summed E-state index contributed by atoms with van der Waals surface area (Å²) in [6, 6.07) is 25.0. The van der Waals surface area contributed by atoms with Gasteiger partial charge >= 0.3 is 5.97 Å². The molecule has 0 radical (unpaired) electrons. The van der Waals surface area contributed by atoms with Gasteiger partial charge in [-0.05, 0) is 66.4 Å². The minimum absolute atomic E-state index is 0.325. The van der Waals surface area contributed by atoms with Gasteiger partial charge in [-0.15, -0.1) is 0 Å². The Morgan fingerprint density at radius 2 is 1.57 bits per heavy atom. The van der Waals surface area contributed by atoms with E-state index in [1.807, 2.05) is 42.5 Å². The summed E-state index contributed by atoms with van der Waals surface area (Å²) in [5.41, 5.74) is 3.51. The Morgan fingerprint density at radius 3 is 2.32 bits per heavy atom. The second-order valence-corrected chi connectivity index (χ2v) is 8.00. The first-order valence-electron chi connectivity index (χ1n) is 11.5. The number of ether oxygens (including phenoxy) is 4. The number of methoxy groups -OCH3 is 2. The van der Waals surface area contributed by atoms with Gasteiger partial charge in [-0.25, -0.2) is 10.2 Å². The van der Waals surface area contributed by atoms with E-state index in [4.69, 9.17) is 18.9 Å². The number of benzene rings is 4. The Labute approximate surface area is 214 Å². The van der Waals surface area contributed by atoms with Crippen molar-refractivity contribution < 1.29 is 28.5 Å². The van der Waals surface area contributed by atoms with Crippen LogP contribution in [0.15, 0.2) is 90.0 Å². The lowest BCUT2D eigenvalue weighted by Crippen LogP contribution is -2.33. The molecule has 0 spiro atoms. The summed E-state index contributed by atoms with van der Waals surface area (Å²) in [6.07, 6.45) is 0.740. The number of rotatable bonds is 9. The van der Waals surface area contributed by atoms with Gasteiger partial charge in [0.05, 0.1) is 26.0 Å². The van der Waals surface area contributed by atoms with Crippen LogP contribution in [0.5, 0.6) is 23.0 Å². The third-order valence-corrected chi connectivity index (χ3v) is 5.52. The van der Waals surface area contributed by atoms with Crippen molar-refractivity contribution in [1.29, 1.82) is 0 Å². The summed E-state index contributed by atoms with van der Waals surface area (Å²) in [5.74, 6) is 1.02. The highest BCUT2D eigenvalue weighted by molar-refractivity contribution is 5.92. The summed E-state index contributed by atoms with van der Waals surface area (Å²) < 4.78 is 21.7. The number of hydrogen-bond donors (Lipinski definition) is 1. The van der Waals surface area contributed by atoms with Gasteiger partial charge in [0.2, 0.25) is 0 Å². The van der Waals surface area contributed by atoms with Gasteiger partial charge in [0.15, 0.2) is 17.6 Å². The first-order valence-corrected chi connectivity index (χ1v) is 11.5. The fraction of sp³-hybridized carbons (Fsp3) is 0.138. The van der Waals surface area contributed by atoms with E-state index in [0.717, 1.165) is 10.8 Å². The minimum Gasteiger partial charge on any atom is -0.493 e. The average Bonchev–Trinajstić information content (AvgIpc) is 2.93. The normalized spacial score (nSPS) is 11.6. The third kappa shape index (κ3) is 6.24. The second kappa shape index (κ2) is 11.7. The van der Waals surface area contributed by atoms with E-state index in [0.29, 0.717) is 34.1 Å². The maximum atomic E-state index is 12.5. The molecule has 0 fully saturated rings. The van der Waals surface area contributed by atoms with E-state index >= 15 is 0 Å². The molecule has 0 bridgehead atoms. The van der Waals surface area contributed by atoms with Crippen LogP contribution in [0.2, 0.25) is 0 Å². The highest BCUT2D eigenvalue weighted by Crippen LogP contribution is 2.28. The number of fused-ring (bicyclic) bond motifs is 1. The van der Waals surface area contributed by atoms with Crippen molar-refractivity contribution in [2.75, 3.05) is 14.2 Å². The molecule has 1 unspecified atom stereocenters. The highest BCUT2D eigenvalue weighted by Gasteiger charge is 2.15. The van der Waals surface area contributed by atoms with Crippen LogP contribution in [-0.4, -0.2) is 38.4 Å². The van der Waals surface area contributed by atoms with Crippen LogP contribution >= 0.6 is 0 Å². The maximum Gasteiger partial charge on any atom is 0.343 e. The smallest absolute Gasteiger partial charge is 0.343 e. The van der Waals surface area contributed by atoms with Crippen LogP contribution in [0.4, 0.5) is 0 Å². The standard InChI is InChI=1S/C29H26N2O6/c1-19(36-25-10-6-8-21-7-4-5-9-24(21)25)28(32)31-30-18-20-11-14-23(15-12-20)37-29(33)22-13-16-26(34-2)27(17-22)35-3/h4-19H,1-3H3,(H,31,32)/b30-18+. The van der Waals surface area contributed by atoms with Gasteiger partial charge < -0.3 is 18.9 Å². The van der Waals surface area contributed by atoms with Crippen molar-refractivity contribution >= 4 is 28.9 Å². The summed E-state index contributed by atoms with van der Waals surface area (Å²) in [5, 5.41) is 5.96. The van der Waals surface area contributed by atoms with E-state index in [2.05, 4.69) is 10.5 Å². The van der Waals surface area contributed by atoms with E-state index in [1.54, 1.807) is 49.4 Å². The minimum atomic E-state index is -0.749. The van der Waals surface area contributed by atoms with Crippen molar-refractivity contribution in [1.82, 2.24) is 5.43 Å². The molecule has 0 aromatic heterocycles. The number of hydrazone groups is 1. The number of esters is 1. The zero-order valence-electron chi connectivity index (χ0n) is 20.6. The van der Waals surface area contributed by atoms with Gasteiger partial charge in [0, 0.05) is 5.39 Å². The van der Waals surface area contributed by atoms with E-state index in [9.17, 15) is 9.59 Å². The summed E-state index contributed by atoms with van der Waals surface area (Å²) >= 11 is 0. The predicted molar refractivity (Wildman–Crippen MR) is 141 cm³/mol. The molecular weight excluding hydrogens is 472 g/mol. The molecule has 4 aromatic rings. The number of carbonyl (C=O) groups excluding carboxylic acids is 2. The zero-order valence-corrected chi connectivity index (χ0v) is 20.6. The second-order valence-electron chi connectivity index (χ2n) is 8.00. The Kier molecular flexibility index (Phi) is 8.00. The molecule has 37 heavy (non-hydrogen) atoms. The van der Waals surface area contributed by atoms with Crippen molar-refractivity contribution in [3.8, 4) is 23.0 Å². The quantitative estimate of drug-likeness (QED) is 0.151. The Hall–Kier alpha value is -4.85. The van der Waals surface area contributed by atoms with Gasteiger partial charge in [-0.3, -0.25) is 4.79 Å². The molecule has 0 aliphatic rings. The van der Waals surface area contributed by atoms with Crippen molar-refractivity contribution in [2.24, 2.45) is 5.10 Å². The maximum absolute atomic E-state index is 12.5. The lowest BCUT2D eigenvalue weighted by Gasteiger charge is -2.14. The number of carbonyl (C=O) groups is 2. The van der Waals surface area contributed by atoms with Crippen LogP contribution in [-0.2, 0) is 4.79 Å². The SMILES string of the molecule is COc1ccc(C(=O)Oc2ccc(/C=N/NC(=O)C(C)Oc3cccc4ccccc34)cc2)cc1OC. The largest absolute Gasteiger partial charge is 0.493 e. The molecular formula is C29H26N2O6. The molecule has 0 aliphatic heterocycles. The van der Waals surface area contributed by atoms with Crippen LogP contribution in [0.25, 0.3) is 10.8 Å². The molecule has 0 aliphatic carbocycles. The van der Waals surface area contributed by atoms with Crippen LogP contribution in [0.3, 0.4) is 0 Å². The van der Waals surface area contributed by atoms with E-state index < -0.39 is 12.1 Å². The molecule has 0 saturated heterocycles. The fourth-order valence-electron chi connectivity index (χ4n) is 3.55. The van der Waals surface area contributed by atoms with E-state index in [-0.39, 0.29) is 5.91 Å². The number of amides is 1. The first-order chi connectivity index (χ1) is 18.0. The monoisotopic (exact) mass is 498 g/mol. The topological polar surface area (TPSA) is 95.5 Å². The molecule has 188 valence electrons. The van der Waals surface area contributed by atoms with Crippen LogP contribution in [0, 0.1) is 0 Å². The number of nitrogens with one attached hydrogen (secondary N) is 1. The Bertz CT molecular complexity index is 1430. The fourth-order valence-corrected chi connectivity index (χ4v) is 3.55. The molecule has 0 heterocycles. The summed E-state index contributed by atoms with van der Waals surface area (Å²) in [6.45, 7) is 1.66. The van der Waals surface area contributed by atoms with Crippen molar-refractivity contribution in [3.05, 3.63) is 96.1 Å². The zero-order chi connectivity index (χ0) is 26.2. The Morgan fingerprint density at radius 1 is 0.838 bits per heavy atom. The molecule has 4 rings (SSSR count). The lowest BCUT2D eigenvalue weighted by atomic mass is 10.1. The first kappa shape index (κ1) is 25.2. The van der Waals surface area contributed by atoms with Crippen molar-refractivity contribution in [2.45, 2.75) is 13.0 Å². The van der Waals surface area contributed by atoms with Crippen LogP contribution in [0.1, 0.15) is 22.8 Å². The van der Waals surface area contributed by atoms with Gasteiger partial charge in [-0.2, -0.15) is 5.10 Å². The molecule has 8 nitrogen and oxygen atoms in total. The predicted octanol–water partition coefficient (Wildman–Crippen LogP) is 4.99. The highest BCUT2D eigenvalue weighted by atomic mass is 16.5. The number of hydrogen-bond acceptors (Lipinski definition) is 7.